The standard InChI is InChI=1S/C5H3BrN.BrH.Mg/c6-5-1-3-7-4-2-5;;/h1-3H;1H;/q-1;;+2/p-1. The summed E-state index contributed by atoms with van der Waals surface area (Å²) in [6, 6.07) is 3.62. The third kappa shape index (κ3) is 5.33. The van der Waals surface area contributed by atoms with Gasteiger partial charge in [0.1, 0.15) is 0 Å². The zero-order valence-corrected chi connectivity index (χ0v) is 9.23. The molecular weight excluding hydrogens is 258 g/mol. The molecule has 0 aliphatic carbocycles. The van der Waals surface area contributed by atoms with Crippen molar-refractivity contribution in [3.8, 4) is 0 Å². The SMILES string of the molecule is Brc1c[c-]ncc1.[Br-].[Mg+2]. The number of hydrogen-bond donors (Lipinski definition) is 0. The Hall–Kier alpha value is 0.876. The van der Waals surface area contributed by atoms with Crippen LogP contribution in [-0.2, 0) is 0 Å². The molecule has 1 aromatic heterocycles. The summed E-state index contributed by atoms with van der Waals surface area (Å²) in [6.07, 6.45) is 4.35. The molecule has 4 heteroatoms. The van der Waals surface area contributed by atoms with Crippen molar-refractivity contribution in [2.45, 2.75) is 0 Å². The van der Waals surface area contributed by atoms with E-state index in [1.54, 1.807) is 12.3 Å². The van der Waals surface area contributed by atoms with Crippen molar-refractivity contribution in [3.05, 3.63) is 29.0 Å². The maximum absolute atomic E-state index is 3.69. The Morgan fingerprint density at radius 2 is 2.22 bits per heavy atom. The fourth-order valence-corrected chi connectivity index (χ4v) is 0.519. The van der Waals surface area contributed by atoms with Gasteiger partial charge in [0.05, 0.1) is 0 Å². The van der Waals surface area contributed by atoms with Crippen molar-refractivity contribution in [2.24, 2.45) is 0 Å². The van der Waals surface area contributed by atoms with E-state index >= 15 is 0 Å². The summed E-state index contributed by atoms with van der Waals surface area (Å²) >= 11 is 3.24. The van der Waals surface area contributed by atoms with E-state index in [9.17, 15) is 0 Å². The first kappa shape index (κ1) is 12.5. The van der Waals surface area contributed by atoms with Gasteiger partial charge in [-0.15, -0.1) is 28.1 Å². The van der Waals surface area contributed by atoms with Gasteiger partial charge in [-0.05, 0) is 0 Å². The van der Waals surface area contributed by atoms with Gasteiger partial charge in [0.15, 0.2) is 0 Å². The van der Waals surface area contributed by atoms with Gasteiger partial charge in [0.2, 0.25) is 0 Å². The summed E-state index contributed by atoms with van der Waals surface area (Å²) in [5, 5.41) is 0. The largest absolute Gasteiger partial charge is 2.00 e. The van der Waals surface area contributed by atoms with E-state index in [-0.39, 0.29) is 40.0 Å². The van der Waals surface area contributed by atoms with E-state index < -0.39 is 0 Å². The predicted octanol–water partition coefficient (Wildman–Crippen LogP) is -1.73. The third-order valence-electron chi connectivity index (χ3n) is 0.585. The number of aromatic nitrogens is 1. The van der Waals surface area contributed by atoms with Crippen LogP contribution in [0.25, 0.3) is 0 Å². The molecular formula is C5H3Br2MgN. The molecule has 0 N–H and O–H groups in total. The number of rotatable bonds is 0. The van der Waals surface area contributed by atoms with Gasteiger partial charge in [-0.2, -0.15) is 0 Å². The maximum atomic E-state index is 3.69. The molecule has 9 heavy (non-hydrogen) atoms. The molecule has 1 rings (SSSR count). The van der Waals surface area contributed by atoms with Crippen LogP contribution in [-0.4, -0.2) is 28.0 Å². The van der Waals surface area contributed by atoms with Gasteiger partial charge in [-0.1, -0.05) is 16.9 Å². The Kier molecular flexibility index (Phi) is 9.74. The normalized spacial score (nSPS) is 6.78. The smallest absolute Gasteiger partial charge is 1.00 e. The minimum absolute atomic E-state index is 0. The molecule has 0 aliphatic rings. The summed E-state index contributed by atoms with van der Waals surface area (Å²) < 4.78 is 1.02. The monoisotopic (exact) mass is 259 g/mol. The van der Waals surface area contributed by atoms with E-state index in [1.807, 2.05) is 6.07 Å². The fourth-order valence-electron chi connectivity index (χ4n) is 0.299. The van der Waals surface area contributed by atoms with Crippen LogP contribution >= 0.6 is 15.9 Å². The van der Waals surface area contributed by atoms with Crippen molar-refractivity contribution in [1.29, 1.82) is 0 Å². The van der Waals surface area contributed by atoms with Gasteiger partial charge >= 0.3 is 23.1 Å². The van der Waals surface area contributed by atoms with Crippen LogP contribution < -0.4 is 17.0 Å². The zero-order chi connectivity index (χ0) is 5.11. The van der Waals surface area contributed by atoms with Gasteiger partial charge < -0.3 is 22.0 Å². The number of nitrogens with zero attached hydrogens (tertiary/aromatic N) is 1. The first-order valence-corrected chi connectivity index (χ1v) is 2.66. The summed E-state index contributed by atoms with van der Waals surface area (Å²) in [7, 11) is 0. The molecule has 0 saturated carbocycles. The minimum atomic E-state index is 0. The molecule has 0 aromatic carbocycles. The Bertz CT molecular complexity index is 145. The Morgan fingerprint density at radius 1 is 1.56 bits per heavy atom. The first-order chi connectivity index (χ1) is 3.39. The fraction of sp³-hybridized carbons (Fsp3) is 0. The van der Waals surface area contributed by atoms with Crippen LogP contribution in [0.2, 0.25) is 0 Å². The molecule has 0 aliphatic heterocycles. The molecule has 0 fully saturated rings. The van der Waals surface area contributed by atoms with Crippen LogP contribution in [0.15, 0.2) is 22.8 Å². The zero-order valence-electron chi connectivity index (χ0n) is 4.64. The average Bonchev–Trinajstić information content (AvgIpc) is 1.69. The van der Waals surface area contributed by atoms with Gasteiger partial charge in [-0.25, -0.2) is 0 Å². The Morgan fingerprint density at radius 3 is 2.44 bits per heavy atom. The van der Waals surface area contributed by atoms with Crippen molar-refractivity contribution >= 4 is 39.0 Å². The first-order valence-electron chi connectivity index (χ1n) is 1.87. The van der Waals surface area contributed by atoms with Gasteiger partial charge in [-0.3, -0.25) is 0 Å². The molecule has 0 amide bonds. The summed E-state index contributed by atoms with van der Waals surface area (Å²) in [4.78, 5) is 3.69. The topological polar surface area (TPSA) is 12.9 Å². The maximum Gasteiger partial charge on any atom is 2.00 e. The van der Waals surface area contributed by atoms with Crippen LogP contribution in [0.1, 0.15) is 0 Å². The van der Waals surface area contributed by atoms with Crippen molar-refractivity contribution < 1.29 is 17.0 Å². The summed E-state index contributed by atoms with van der Waals surface area (Å²) in [5.41, 5.74) is 0. The average molecular weight is 261 g/mol. The number of halogens is 2. The third-order valence-corrected chi connectivity index (χ3v) is 1.08. The van der Waals surface area contributed by atoms with E-state index in [1.165, 1.54) is 0 Å². The molecule has 0 atom stereocenters. The molecule has 0 bridgehead atoms. The van der Waals surface area contributed by atoms with Crippen LogP contribution in [0, 0.1) is 6.20 Å². The van der Waals surface area contributed by atoms with Gasteiger partial charge in [0.25, 0.3) is 0 Å². The quantitative estimate of drug-likeness (QED) is 0.399. The summed E-state index contributed by atoms with van der Waals surface area (Å²) in [6.45, 7) is 0. The predicted molar refractivity (Wildman–Crippen MR) is 36.5 cm³/mol. The number of hydrogen-bond acceptors (Lipinski definition) is 1. The molecule has 44 valence electrons. The van der Waals surface area contributed by atoms with Crippen LogP contribution in [0.5, 0.6) is 0 Å². The van der Waals surface area contributed by atoms with E-state index in [4.69, 9.17) is 0 Å². The summed E-state index contributed by atoms with van der Waals surface area (Å²) in [5.74, 6) is 0. The Labute approximate surface area is 89.3 Å². The number of pyridine rings is 1. The van der Waals surface area contributed by atoms with Crippen molar-refractivity contribution in [2.75, 3.05) is 0 Å². The molecule has 0 radical (unpaired) electrons. The second-order valence-electron chi connectivity index (χ2n) is 1.10. The van der Waals surface area contributed by atoms with E-state index in [0.29, 0.717) is 0 Å². The van der Waals surface area contributed by atoms with Crippen LogP contribution in [0.3, 0.4) is 0 Å². The minimum Gasteiger partial charge on any atom is -1.00 e. The molecule has 1 aromatic rings. The molecule has 1 heterocycles. The molecule has 0 saturated heterocycles. The van der Waals surface area contributed by atoms with Crippen molar-refractivity contribution in [3.63, 3.8) is 0 Å². The second kappa shape index (κ2) is 6.99. The molecule has 1 nitrogen and oxygen atoms in total. The molecule has 0 unspecified atom stereocenters. The molecule has 0 spiro atoms. The van der Waals surface area contributed by atoms with Crippen LogP contribution in [0.4, 0.5) is 0 Å². The van der Waals surface area contributed by atoms with Crippen molar-refractivity contribution in [1.82, 2.24) is 4.98 Å². The Balaban J connectivity index is 0. The van der Waals surface area contributed by atoms with Gasteiger partial charge in [0, 0.05) is 0 Å². The van der Waals surface area contributed by atoms with E-state index in [0.717, 1.165) is 4.47 Å². The second-order valence-corrected chi connectivity index (χ2v) is 2.02. The van der Waals surface area contributed by atoms with E-state index in [2.05, 4.69) is 27.1 Å².